The molecule has 0 aliphatic heterocycles. The minimum absolute atomic E-state index is 0.160. The Balaban J connectivity index is 1.46. The number of benzene rings is 3. The fourth-order valence-corrected chi connectivity index (χ4v) is 4.31. The van der Waals surface area contributed by atoms with Crippen LogP contribution >= 0.6 is 0 Å². The minimum Gasteiger partial charge on any atom is -0.375 e. The molecule has 3 aromatic carbocycles. The van der Waals surface area contributed by atoms with Gasteiger partial charge in [0.25, 0.3) is 0 Å². The number of ether oxygens (including phenoxy) is 1. The number of fused-ring (bicyclic) bond motifs is 1. The first-order valence-corrected chi connectivity index (χ1v) is 10.9. The van der Waals surface area contributed by atoms with Gasteiger partial charge in [0.2, 0.25) is 5.91 Å². The molecule has 1 amide bonds. The summed E-state index contributed by atoms with van der Waals surface area (Å²) in [6.45, 7) is 1.05. The highest BCUT2D eigenvalue weighted by molar-refractivity contribution is 7.91. The molecule has 0 aromatic heterocycles. The van der Waals surface area contributed by atoms with Gasteiger partial charge in [0.05, 0.1) is 19.0 Å². The Morgan fingerprint density at radius 3 is 2.43 bits per heavy atom. The molecule has 0 saturated carbocycles. The van der Waals surface area contributed by atoms with Gasteiger partial charge in [-0.2, -0.15) is 0 Å². The molecule has 0 aliphatic carbocycles. The van der Waals surface area contributed by atoms with Crippen LogP contribution in [-0.2, 0) is 31.7 Å². The average Bonchev–Trinajstić information content (AvgIpc) is 2.68. The van der Waals surface area contributed by atoms with Crippen LogP contribution in [0.1, 0.15) is 11.1 Å². The van der Waals surface area contributed by atoms with Crippen LogP contribution in [0.2, 0.25) is 0 Å². The first-order valence-electron chi connectivity index (χ1n) is 9.09. The second kappa shape index (κ2) is 9.48. The molecule has 0 atom stereocenters. The van der Waals surface area contributed by atoms with Crippen molar-refractivity contribution in [1.29, 1.82) is 0 Å². The van der Waals surface area contributed by atoms with E-state index in [1.54, 1.807) is 6.07 Å². The maximum atomic E-state index is 12.4. The molecule has 28 heavy (non-hydrogen) atoms. The summed E-state index contributed by atoms with van der Waals surface area (Å²) in [5.41, 5.74) is 1.75. The van der Waals surface area contributed by atoms with Crippen molar-refractivity contribution in [3.63, 3.8) is 0 Å². The van der Waals surface area contributed by atoms with Gasteiger partial charge < -0.3 is 10.1 Å². The van der Waals surface area contributed by atoms with E-state index in [1.807, 2.05) is 66.7 Å². The van der Waals surface area contributed by atoms with Gasteiger partial charge >= 0.3 is 0 Å². The van der Waals surface area contributed by atoms with E-state index < -0.39 is 21.5 Å². The van der Waals surface area contributed by atoms with Crippen molar-refractivity contribution in [1.82, 2.24) is 5.32 Å². The number of carbonyl (C=O) groups excluding carboxylic acids is 1. The lowest BCUT2D eigenvalue weighted by atomic mass is 10.1. The van der Waals surface area contributed by atoms with Crippen LogP contribution < -0.4 is 5.32 Å². The standard InChI is InChI=1S/C22H23NO4S/c24-22(23-13-14-27-15-18-7-2-1-3-8-18)17-28(25,26)16-20-11-6-10-19-9-4-5-12-21(19)20/h1-12H,13-17H2,(H,23,24). The quantitative estimate of drug-likeness (QED) is 0.563. The fraction of sp³-hybridized carbons (Fsp3) is 0.227. The van der Waals surface area contributed by atoms with E-state index in [0.29, 0.717) is 18.8 Å². The van der Waals surface area contributed by atoms with E-state index in [4.69, 9.17) is 4.74 Å². The lowest BCUT2D eigenvalue weighted by Crippen LogP contribution is -2.33. The molecule has 0 fully saturated rings. The monoisotopic (exact) mass is 397 g/mol. The van der Waals surface area contributed by atoms with Crippen LogP contribution in [-0.4, -0.2) is 33.2 Å². The summed E-state index contributed by atoms with van der Waals surface area (Å²) in [7, 11) is -3.56. The van der Waals surface area contributed by atoms with E-state index in [1.165, 1.54) is 0 Å². The zero-order chi connectivity index (χ0) is 19.8. The van der Waals surface area contributed by atoms with Gasteiger partial charge in [0.15, 0.2) is 9.84 Å². The maximum absolute atomic E-state index is 12.4. The summed E-state index contributed by atoms with van der Waals surface area (Å²) in [5, 5.41) is 4.48. The predicted octanol–water partition coefficient (Wildman–Crippen LogP) is 3.09. The molecule has 0 saturated heterocycles. The van der Waals surface area contributed by atoms with Gasteiger partial charge in [0, 0.05) is 6.54 Å². The molecule has 5 nitrogen and oxygen atoms in total. The van der Waals surface area contributed by atoms with Gasteiger partial charge in [-0.1, -0.05) is 72.8 Å². The lowest BCUT2D eigenvalue weighted by Gasteiger charge is -2.09. The molecule has 146 valence electrons. The third-order valence-electron chi connectivity index (χ3n) is 4.29. The number of hydrogen-bond acceptors (Lipinski definition) is 4. The van der Waals surface area contributed by atoms with Crippen molar-refractivity contribution in [3.05, 3.63) is 83.9 Å². The van der Waals surface area contributed by atoms with Gasteiger partial charge in [-0.3, -0.25) is 4.79 Å². The molecule has 0 heterocycles. The highest BCUT2D eigenvalue weighted by Crippen LogP contribution is 2.20. The van der Waals surface area contributed by atoms with Crippen molar-refractivity contribution < 1.29 is 17.9 Å². The van der Waals surface area contributed by atoms with Crippen LogP contribution in [0.3, 0.4) is 0 Å². The molecular weight excluding hydrogens is 374 g/mol. The Kier molecular flexibility index (Phi) is 6.79. The normalized spacial score (nSPS) is 11.4. The number of carbonyl (C=O) groups is 1. The first-order chi connectivity index (χ1) is 13.5. The van der Waals surface area contributed by atoms with Crippen LogP contribution in [0.25, 0.3) is 10.8 Å². The summed E-state index contributed by atoms with van der Waals surface area (Å²) >= 11 is 0. The Labute approximate surface area is 165 Å². The van der Waals surface area contributed by atoms with Crippen molar-refractivity contribution in [2.75, 3.05) is 18.9 Å². The average molecular weight is 397 g/mol. The molecule has 0 spiro atoms. The second-order valence-corrected chi connectivity index (χ2v) is 8.62. The number of hydrogen-bond donors (Lipinski definition) is 1. The van der Waals surface area contributed by atoms with Gasteiger partial charge in [-0.15, -0.1) is 0 Å². The largest absolute Gasteiger partial charge is 0.375 e. The highest BCUT2D eigenvalue weighted by atomic mass is 32.2. The van der Waals surface area contributed by atoms with E-state index in [-0.39, 0.29) is 12.3 Å². The van der Waals surface area contributed by atoms with Crippen LogP contribution in [0.5, 0.6) is 0 Å². The predicted molar refractivity (Wildman–Crippen MR) is 111 cm³/mol. The van der Waals surface area contributed by atoms with Crippen molar-refractivity contribution in [2.24, 2.45) is 0 Å². The van der Waals surface area contributed by atoms with Crippen LogP contribution in [0, 0.1) is 0 Å². The summed E-state index contributed by atoms with van der Waals surface area (Å²) < 4.78 is 30.4. The first kappa shape index (κ1) is 20.0. The Hall–Kier alpha value is -2.70. The molecule has 0 aliphatic rings. The van der Waals surface area contributed by atoms with Crippen LogP contribution in [0.4, 0.5) is 0 Å². The topological polar surface area (TPSA) is 72.5 Å². The molecule has 3 rings (SSSR count). The Bertz CT molecular complexity index is 1030. The van der Waals surface area contributed by atoms with Crippen molar-refractivity contribution >= 4 is 26.5 Å². The molecule has 0 bridgehead atoms. The number of nitrogens with one attached hydrogen (secondary N) is 1. The van der Waals surface area contributed by atoms with Gasteiger partial charge in [0.1, 0.15) is 5.75 Å². The summed E-state index contributed by atoms with van der Waals surface area (Å²) in [5.74, 6) is -1.20. The zero-order valence-corrected chi connectivity index (χ0v) is 16.3. The molecule has 6 heteroatoms. The van der Waals surface area contributed by atoms with E-state index >= 15 is 0 Å². The highest BCUT2D eigenvalue weighted by Gasteiger charge is 2.18. The fourth-order valence-electron chi connectivity index (χ4n) is 2.98. The third kappa shape index (κ3) is 5.90. The minimum atomic E-state index is -3.56. The van der Waals surface area contributed by atoms with Gasteiger partial charge in [-0.05, 0) is 21.9 Å². The van der Waals surface area contributed by atoms with Crippen molar-refractivity contribution in [3.8, 4) is 0 Å². The molecule has 3 aromatic rings. The lowest BCUT2D eigenvalue weighted by molar-refractivity contribution is -0.118. The molecule has 0 unspecified atom stereocenters. The number of amides is 1. The summed E-state index contributed by atoms with van der Waals surface area (Å²) in [4.78, 5) is 12.0. The SMILES string of the molecule is O=C(CS(=O)(=O)Cc1cccc2ccccc12)NCCOCc1ccccc1. The van der Waals surface area contributed by atoms with Crippen molar-refractivity contribution in [2.45, 2.75) is 12.4 Å². The molecule has 1 N–H and O–H groups in total. The molecular formula is C22H23NO4S. The summed E-state index contributed by atoms with van der Waals surface area (Å²) in [6.07, 6.45) is 0. The smallest absolute Gasteiger partial charge is 0.235 e. The number of rotatable bonds is 9. The third-order valence-corrected chi connectivity index (χ3v) is 5.74. The van der Waals surface area contributed by atoms with E-state index in [2.05, 4.69) is 5.32 Å². The summed E-state index contributed by atoms with van der Waals surface area (Å²) in [6, 6.07) is 22.9. The molecule has 0 radical (unpaired) electrons. The maximum Gasteiger partial charge on any atom is 0.235 e. The second-order valence-electron chi connectivity index (χ2n) is 6.56. The number of sulfone groups is 1. The van der Waals surface area contributed by atoms with E-state index in [9.17, 15) is 13.2 Å². The Morgan fingerprint density at radius 2 is 1.61 bits per heavy atom. The zero-order valence-electron chi connectivity index (χ0n) is 15.5. The Morgan fingerprint density at radius 1 is 0.893 bits per heavy atom. The van der Waals surface area contributed by atoms with Crippen LogP contribution in [0.15, 0.2) is 72.8 Å². The van der Waals surface area contributed by atoms with Gasteiger partial charge in [-0.25, -0.2) is 8.42 Å². The van der Waals surface area contributed by atoms with E-state index in [0.717, 1.165) is 16.3 Å².